The fourth-order valence-corrected chi connectivity index (χ4v) is 3.68. The van der Waals surface area contributed by atoms with Crippen molar-refractivity contribution in [1.29, 1.82) is 0 Å². The fraction of sp³-hybridized carbons (Fsp3) is 0.421. The summed E-state index contributed by atoms with van der Waals surface area (Å²) >= 11 is 1.64. The molecule has 0 atom stereocenters. The molecule has 0 aliphatic carbocycles. The molecule has 1 aliphatic rings. The molecule has 2 heterocycles. The van der Waals surface area contributed by atoms with Crippen molar-refractivity contribution in [2.75, 3.05) is 39.8 Å². The SMILES string of the molecule is CCOC(=O)N1CCN(C(=NC)NCc2nc(-c3ccccc3)cs2)CC1.I. The molecule has 28 heavy (non-hydrogen) atoms. The van der Waals surface area contributed by atoms with Gasteiger partial charge in [0.1, 0.15) is 5.01 Å². The van der Waals surface area contributed by atoms with Crippen LogP contribution in [0.25, 0.3) is 11.3 Å². The van der Waals surface area contributed by atoms with Crippen molar-refractivity contribution in [2.45, 2.75) is 13.5 Å². The maximum absolute atomic E-state index is 11.8. The molecule has 1 aromatic carbocycles. The molecule has 152 valence electrons. The third kappa shape index (κ3) is 5.81. The fourth-order valence-electron chi connectivity index (χ4n) is 2.94. The number of thiazole rings is 1. The lowest BCUT2D eigenvalue weighted by Gasteiger charge is -2.35. The zero-order valence-corrected chi connectivity index (χ0v) is 19.3. The number of aliphatic imine (C=N–C) groups is 1. The minimum atomic E-state index is -0.240. The average Bonchev–Trinajstić information content (AvgIpc) is 3.19. The largest absolute Gasteiger partial charge is 0.450 e. The maximum Gasteiger partial charge on any atom is 0.409 e. The summed E-state index contributed by atoms with van der Waals surface area (Å²) in [5.74, 6) is 0.829. The topological polar surface area (TPSA) is 70.1 Å². The summed E-state index contributed by atoms with van der Waals surface area (Å²) in [6.07, 6.45) is -0.240. The Hall–Kier alpha value is -1.88. The Morgan fingerprint density at radius 3 is 2.54 bits per heavy atom. The summed E-state index contributed by atoms with van der Waals surface area (Å²) in [6, 6.07) is 10.2. The van der Waals surface area contributed by atoms with Crippen LogP contribution in [0.15, 0.2) is 40.7 Å². The number of hydrogen-bond acceptors (Lipinski definition) is 5. The number of hydrogen-bond donors (Lipinski definition) is 1. The maximum atomic E-state index is 11.8. The lowest BCUT2D eigenvalue weighted by atomic mass is 10.2. The van der Waals surface area contributed by atoms with E-state index in [1.807, 2.05) is 25.1 Å². The van der Waals surface area contributed by atoms with Crippen molar-refractivity contribution in [3.05, 3.63) is 40.7 Å². The van der Waals surface area contributed by atoms with E-state index in [2.05, 4.69) is 32.7 Å². The van der Waals surface area contributed by atoms with Gasteiger partial charge in [0.25, 0.3) is 0 Å². The highest BCUT2D eigenvalue weighted by Gasteiger charge is 2.23. The molecule has 0 unspecified atom stereocenters. The van der Waals surface area contributed by atoms with E-state index in [0.29, 0.717) is 26.2 Å². The predicted octanol–water partition coefficient (Wildman–Crippen LogP) is 3.28. The van der Waals surface area contributed by atoms with E-state index >= 15 is 0 Å². The van der Waals surface area contributed by atoms with Crippen molar-refractivity contribution < 1.29 is 9.53 Å². The van der Waals surface area contributed by atoms with Gasteiger partial charge in [-0.25, -0.2) is 9.78 Å². The van der Waals surface area contributed by atoms with E-state index in [9.17, 15) is 4.79 Å². The Morgan fingerprint density at radius 2 is 1.89 bits per heavy atom. The molecular formula is C19H26IN5O2S. The molecule has 1 N–H and O–H groups in total. The van der Waals surface area contributed by atoms with E-state index in [1.165, 1.54) is 0 Å². The molecule has 0 radical (unpaired) electrons. The van der Waals surface area contributed by atoms with Crippen LogP contribution < -0.4 is 5.32 Å². The molecule has 9 heteroatoms. The second-order valence-electron chi connectivity index (χ2n) is 6.07. The minimum absolute atomic E-state index is 0. The number of halogens is 1. The highest BCUT2D eigenvalue weighted by Crippen LogP contribution is 2.21. The lowest BCUT2D eigenvalue weighted by Crippen LogP contribution is -2.53. The van der Waals surface area contributed by atoms with Crippen molar-refractivity contribution >= 4 is 47.4 Å². The molecule has 1 aliphatic heterocycles. The zero-order valence-electron chi connectivity index (χ0n) is 16.1. The van der Waals surface area contributed by atoms with Gasteiger partial charge < -0.3 is 19.9 Å². The summed E-state index contributed by atoms with van der Waals surface area (Å²) in [7, 11) is 1.78. The molecule has 0 spiro atoms. The summed E-state index contributed by atoms with van der Waals surface area (Å²) in [6.45, 7) is 5.58. The van der Waals surface area contributed by atoms with Crippen molar-refractivity contribution in [3.8, 4) is 11.3 Å². The molecule has 1 amide bonds. The van der Waals surface area contributed by atoms with E-state index in [-0.39, 0.29) is 30.1 Å². The van der Waals surface area contributed by atoms with Gasteiger partial charge in [-0.05, 0) is 6.92 Å². The monoisotopic (exact) mass is 515 g/mol. The first-order valence-electron chi connectivity index (χ1n) is 9.08. The number of carbonyl (C=O) groups is 1. The van der Waals surface area contributed by atoms with Crippen LogP contribution in [-0.4, -0.2) is 66.7 Å². The van der Waals surface area contributed by atoms with E-state index in [1.54, 1.807) is 23.3 Å². The second-order valence-corrected chi connectivity index (χ2v) is 7.01. The smallest absolute Gasteiger partial charge is 0.409 e. The van der Waals surface area contributed by atoms with Gasteiger partial charge in [0.05, 0.1) is 18.8 Å². The number of aromatic nitrogens is 1. The number of amides is 1. The van der Waals surface area contributed by atoms with Crippen molar-refractivity contribution in [3.63, 3.8) is 0 Å². The number of benzene rings is 1. The number of ether oxygens (including phenoxy) is 1. The quantitative estimate of drug-likeness (QED) is 0.385. The van der Waals surface area contributed by atoms with Crippen LogP contribution in [0.1, 0.15) is 11.9 Å². The van der Waals surface area contributed by atoms with Crippen LogP contribution in [0.2, 0.25) is 0 Å². The van der Waals surface area contributed by atoms with Gasteiger partial charge in [-0.1, -0.05) is 30.3 Å². The van der Waals surface area contributed by atoms with E-state index in [0.717, 1.165) is 35.3 Å². The highest BCUT2D eigenvalue weighted by atomic mass is 127. The Balaban J connectivity index is 0.00000280. The van der Waals surface area contributed by atoms with Gasteiger partial charge in [-0.15, -0.1) is 35.3 Å². The standard InChI is InChI=1S/C19H25N5O2S.HI/c1-3-26-19(25)24-11-9-23(10-12-24)18(20-2)21-13-17-22-16(14-27-17)15-7-5-4-6-8-15;/h4-8,14H,3,9-13H2,1-2H3,(H,20,21);1H. The van der Waals surface area contributed by atoms with E-state index in [4.69, 9.17) is 9.72 Å². The number of guanidine groups is 1. The van der Waals surface area contributed by atoms with Crippen LogP contribution >= 0.6 is 35.3 Å². The Labute approximate surface area is 186 Å². The molecule has 1 aromatic heterocycles. The number of carbonyl (C=O) groups excluding carboxylic acids is 1. The third-order valence-corrected chi connectivity index (χ3v) is 5.18. The Morgan fingerprint density at radius 1 is 1.21 bits per heavy atom. The Kier molecular flexibility index (Phi) is 8.97. The predicted molar refractivity (Wildman–Crippen MR) is 123 cm³/mol. The van der Waals surface area contributed by atoms with Crippen LogP contribution in [-0.2, 0) is 11.3 Å². The minimum Gasteiger partial charge on any atom is -0.450 e. The van der Waals surface area contributed by atoms with Gasteiger partial charge in [-0.2, -0.15) is 0 Å². The first kappa shape index (κ1) is 22.4. The molecule has 7 nitrogen and oxygen atoms in total. The second kappa shape index (κ2) is 11.2. The van der Waals surface area contributed by atoms with Crippen molar-refractivity contribution in [1.82, 2.24) is 20.1 Å². The lowest BCUT2D eigenvalue weighted by molar-refractivity contribution is 0.0914. The molecule has 1 fully saturated rings. The number of piperazine rings is 1. The number of nitrogens with one attached hydrogen (secondary N) is 1. The summed E-state index contributed by atoms with van der Waals surface area (Å²) in [5, 5.41) is 6.47. The molecular weight excluding hydrogens is 489 g/mol. The van der Waals surface area contributed by atoms with Crippen LogP contribution in [0.5, 0.6) is 0 Å². The van der Waals surface area contributed by atoms with Crippen LogP contribution in [0, 0.1) is 0 Å². The van der Waals surface area contributed by atoms with Gasteiger partial charge in [-0.3, -0.25) is 4.99 Å². The number of rotatable bonds is 4. The number of nitrogens with zero attached hydrogens (tertiary/aromatic N) is 4. The molecule has 0 bridgehead atoms. The van der Waals surface area contributed by atoms with Gasteiger partial charge in [0.2, 0.25) is 0 Å². The first-order chi connectivity index (χ1) is 13.2. The van der Waals surface area contributed by atoms with Gasteiger partial charge in [0.15, 0.2) is 5.96 Å². The molecule has 0 saturated carbocycles. The average molecular weight is 515 g/mol. The first-order valence-corrected chi connectivity index (χ1v) is 9.96. The van der Waals surface area contributed by atoms with Gasteiger partial charge in [0, 0.05) is 44.2 Å². The zero-order chi connectivity index (χ0) is 19.1. The van der Waals surface area contributed by atoms with Crippen LogP contribution in [0.3, 0.4) is 0 Å². The normalized spacial score (nSPS) is 14.4. The highest BCUT2D eigenvalue weighted by molar-refractivity contribution is 14.0. The molecule has 1 saturated heterocycles. The van der Waals surface area contributed by atoms with Gasteiger partial charge >= 0.3 is 6.09 Å². The van der Waals surface area contributed by atoms with Crippen molar-refractivity contribution in [2.24, 2.45) is 4.99 Å². The van der Waals surface area contributed by atoms with E-state index < -0.39 is 0 Å². The summed E-state index contributed by atoms with van der Waals surface area (Å²) < 4.78 is 5.06. The third-order valence-electron chi connectivity index (χ3n) is 4.34. The molecule has 3 rings (SSSR count). The van der Waals surface area contributed by atoms with Crippen LogP contribution in [0.4, 0.5) is 4.79 Å². The summed E-state index contributed by atoms with van der Waals surface area (Å²) in [4.78, 5) is 24.8. The Bertz CT molecular complexity index is 776. The summed E-state index contributed by atoms with van der Waals surface area (Å²) in [5.41, 5.74) is 2.12. The molecule has 2 aromatic rings.